The van der Waals surface area contributed by atoms with Gasteiger partial charge in [-0.15, -0.1) is 0 Å². The van der Waals surface area contributed by atoms with Crippen LogP contribution in [0.3, 0.4) is 0 Å². The normalized spacial score (nSPS) is 14.2. The lowest BCUT2D eigenvalue weighted by atomic mass is 9.89. The van der Waals surface area contributed by atoms with Crippen LogP contribution >= 0.6 is 0 Å². The lowest BCUT2D eigenvalue weighted by Gasteiger charge is -2.25. The SMILES string of the molecule is Cc1ccnc(N)c1C(C)(O)c1ccc(F)cn1. The van der Waals surface area contributed by atoms with Crippen molar-refractivity contribution in [3.05, 3.63) is 53.2 Å². The molecule has 0 amide bonds. The zero-order valence-corrected chi connectivity index (χ0v) is 10.2. The van der Waals surface area contributed by atoms with Gasteiger partial charge < -0.3 is 10.8 Å². The summed E-state index contributed by atoms with van der Waals surface area (Å²) in [4.78, 5) is 7.87. The Labute approximate surface area is 104 Å². The van der Waals surface area contributed by atoms with Crippen LogP contribution in [0.15, 0.2) is 30.6 Å². The van der Waals surface area contributed by atoms with Gasteiger partial charge in [-0.2, -0.15) is 0 Å². The molecule has 1 unspecified atom stereocenters. The van der Waals surface area contributed by atoms with Crippen LogP contribution in [0.4, 0.5) is 10.2 Å². The Morgan fingerprint density at radius 1 is 1.28 bits per heavy atom. The average Bonchev–Trinajstić information content (AvgIpc) is 2.29. The van der Waals surface area contributed by atoms with Gasteiger partial charge in [-0.05, 0) is 37.6 Å². The van der Waals surface area contributed by atoms with E-state index in [9.17, 15) is 9.50 Å². The molecule has 1 atom stereocenters. The van der Waals surface area contributed by atoms with E-state index in [1.54, 1.807) is 19.2 Å². The molecular formula is C13H14FN3O. The number of anilines is 1. The zero-order valence-electron chi connectivity index (χ0n) is 10.2. The third kappa shape index (κ3) is 2.04. The lowest BCUT2D eigenvalue weighted by molar-refractivity contribution is 0.0970. The third-order valence-corrected chi connectivity index (χ3v) is 2.90. The van der Waals surface area contributed by atoms with E-state index < -0.39 is 11.4 Å². The van der Waals surface area contributed by atoms with Gasteiger partial charge in [0, 0.05) is 11.8 Å². The Morgan fingerprint density at radius 2 is 2.00 bits per heavy atom. The molecular weight excluding hydrogens is 233 g/mol. The van der Waals surface area contributed by atoms with E-state index in [2.05, 4.69) is 9.97 Å². The lowest BCUT2D eigenvalue weighted by Crippen LogP contribution is -2.27. The van der Waals surface area contributed by atoms with E-state index in [1.165, 1.54) is 12.1 Å². The van der Waals surface area contributed by atoms with Crippen LogP contribution in [-0.4, -0.2) is 15.1 Å². The van der Waals surface area contributed by atoms with E-state index >= 15 is 0 Å². The minimum atomic E-state index is -1.41. The molecule has 2 heterocycles. The number of aliphatic hydroxyl groups is 1. The highest BCUT2D eigenvalue weighted by Crippen LogP contribution is 2.32. The van der Waals surface area contributed by atoms with E-state index in [1.807, 2.05) is 6.92 Å². The number of nitrogens with two attached hydrogens (primary N) is 1. The molecule has 5 heteroatoms. The molecule has 18 heavy (non-hydrogen) atoms. The van der Waals surface area contributed by atoms with Gasteiger partial charge in [-0.25, -0.2) is 9.37 Å². The predicted octanol–water partition coefficient (Wildman–Crippen LogP) is 1.76. The van der Waals surface area contributed by atoms with E-state index in [0.29, 0.717) is 11.3 Å². The van der Waals surface area contributed by atoms with Crippen molar-refractivity contribution >= 4 is 5.82 Å². The first-order chi connectivity index (χ1) is 8.43. The van der Waals surface area contributed by atoms with E-state index in [4.69, 9.17) is 5.73 Å². The number of rotatable bonds is 2. The fraction of sp³-hybridized carbons (Fsp3) is 0.231. The Kier molecular flexibility index (Phi) is 3.00. The number of aryl methyl sites for hydroxylation is 1. The zero-order chi connectivity index (χ0) is 13.3. The Balaban J connectivity index is 2.57. The fourth-order valence-electron chi connectivity index (χ4n) is 2.00. The molecule has 0 saturated heterocycles. The van der Waals surface area contributed by atoms with Crippen LogP contribution in [0.1, 0.15) is 23.7 Å². The van der Waals surface area contributed by atoms with Crippen LogP contribution in [0, 0.1) is 12.7 Å². The van der Waals surface area contributed by atoms with Crippen molar-refractivity contribution in [1.82, 2.24) is 9.97 Å². The number of aromatic nitrogens is 2. The quantitative estimate of drug-likeness (QED) is 0.848. The highest BCUT2D eigenvalue weighted by Gasteiger charge is 2.31. The van der Waals surface area contributed by atoms with Crippen molar-refractivity contribution in [3.8, 4) is 0 Å². The smallest absolute Gasteiger partial charge is 0.141 e. The molecule has 2 rings (SSSR count). The summed E-state index contributed by atoms with van der Waals surface area (Å²) in [6.45, 7) is 3.39. The standard InChI is InChI=1S/C13H14FN3O/c1-8-5-6-16-12(15)11(8)13(2,18)10-4-3-9(14)7-17-10/h3-7,18H,1-2H3,(H2,15,16). The first kappa shape index (κ1) is 12.4. The maximum absolute atomic E-state index is 12.9. The van der Waals surface area contributed by atoms with Crippen molar-refractivity contribution in [2.75, 3.05) is 5.73 Å². The second kappa shape index (κ2) is 4.34. The Hall–Kier alpha value is -2.01. The minimum Gasteiger partial charge on any atom is -0.383 e. The number of hydrogen-bond acceptors (Lipinski definition) is 4. The molecule has 0 bridgehead atoms. The molecule has 0 aliphatic rings. The van der Waals surface area contributed by atoms with Gasteiger partial charge >= 0.3 is 0 Å². The second-order valence-corrected chi connectivity index (χ2v) is 4.32. The summed E-state index contributed by atoms with van der Waals surface area (Å²) in [6, 6.07) is 4.43. The summed E-state index contributed by atoms with van der Waals surface area (Å²) in [7, 11) is 0. The van der Waals surface area contributed by atoms with Crippen LogP contribution in [-0.2, 0) is 5.60 Å². The number of halogens is 1. The number of nitrogens with zero attached hydrogens (tertiary/aromatic N) is 2. The number of pyridine rings is 2. The number of nitrogen functional groups attached to an aromatic ring is 1. The van der Waals surface area contributed by atoms with Crippen molar-refractivity contribution in [1.29, 1.82) is 0 Å². The Bertz CT molecular complexity index is 547. The van der Waals surface area contributed by atoms with E-state index in [0.717, 1.165) is 11.8 Å². The van der Waals surface area contributed by atoms with Gasteiger partial charge in [0.25, 0.3) is 0 Å². The van der Waals surface area contributed by atoms with Crippen LogP contribution in [0.5, 0.6) is 0 Å². The van der Waals surface area contributed by atoms with Crippen LogP contribution in [0.25, 0.3) is 0 Å². The highest BCUT2D eigenvalue weighted by molar-refractivity contribution is 5.50. The first-order valence-corrected chi connectivity index (χ1v) is 5.49. The number of hydrogen-bond donors (Lipinski definition) is 2. The molecule has 4 nitrogen and oxygen atoms in total. The monoisotopic (exact) mass is 247 g/mol. The summed E-state index contributed by atoms with van der Waals surface area (Å²) in [6.07, 6.45) is 2.63. The largest absolute Gasteiger partial charge is 0.383 e. The van der Waals surface area contributed by atoms with Crippen LogP contribution in [0.2, 0.25) is 0 Å². The van der Waals surface area contributed by atoms with Crippen LogP contribution < -0.4 is 5.73 Å². The van der Waals surface area contributed by atoms with Gasteiger partial charge in [0.1, 0.15) is 17.2 Å². The minimum absolute atomic E-state index is 0.242. The molecule has 0 aliphatic carbocycles. The molecule has 3 N–H and O–H groups in total. The Morgan fingerprint density at radius 3 is 2.56 bits per heavy atom. The van der Waals surface area contributed by atoms with E-state index in [-0.39, 0.29) is 5.82 Å². The van der Waals surface area contributed by atoms with Crippen molar-refractivity contribution in [3.63, 3.8) is 0 Å². The second-order valence-electron chi connectivity index (χ2n) is 4.32. The fourth-order valence-corrected chi connectivity index (χ4v) is 2.00. The molecule has 0 fully saturated rings. The summed E-state index contributed by atoms with van der Waals surface area (Å²) >= 11 is 0. The van der Waals surface area contributed by atoms with Gasteiger partial charge in [-0.3, -0.25) is 4.98 Å². The molecule has 0 saturated carbocycles. The summed E-state index contributed by atoms with van der Waals surface area (Å²) in [5, 5.41) is 10.6. The predicted molar refractivity (Wildman–Crippen MR) is 66.3 cm³/mol. The van der Waals surface area contributed by atoms with Crippen molar-refractivity contribution in [2.24, 2.45) is 0 Å². The topological polar surface area (TPSA) is 72.0 Å². The summed E-state index contributed by atoms with van der Waals surface area (Å²) in [5.41, 5.74) is 6.02. The third-order valence-electron chi connectivity index (χ3n) is 2.90. The van der Waals surface area contributed by atoms with Gasteiger partial charge in [-0.1, -0.05) is 0 Å². The molecule has 0 aromatic carbocycles. The van der Waals surface area contributed by atoms with Gasteiger partial charge in [0.05, 0.1) is 11.9 Å². The molecule has 0 aliphatic heterocycles. The maximum Gasteiger partial charge on any atom is 0.141 e. The summed E-state index contributed by atoms with van der Waals surface area (Å²) in [5.74, 6) is -0.212. The molecule has 0 spiro atoms. The molecule has 94 valence electrons. The molecule has 0 radical (unpaired) electrons. The maximum atomic E-state index is 12.9. The summed E-state index contributed by atoms with van der Waals surface area (Å²) < 4.78 is 12.9. The van der Waals surface area contributed by atoms with Crippen molar-refractivity contribution in [2.45, 2.75) is 19.4 Å². The van der Waals surface area contributed by atoms with Gasteiger partial charge in [0.2, 0.25) is 0 Å². The molecule has 2 aromatic rings. The average molecular weight is 247 g/mol. The first-order valence-electron chi connectivity index (χ1n) is 5.49. The van der Waals surface area contributed by atoms with Crippen molar-refractivity contribution < 1.29 is 9.50 Å². The highest BCUT2D eigenvalue weighted by atomic mass is 19.1. The van der Waals surface area contributed by atoms with Gasteiger partial charge in [0.15, 0.2) is 0 Å². The molecule has 2 aromatic heterocycles.